The van der Waals surface area contributed by atoms with Gasteiger partial charge in [-0.25, -0.2) is 0 Å². The molecule has 1 aliphatic rings. The van der Waals surface area contributed by atoms with E-state index in [1.807, 2.05) is 12.1 Å². The lowest BCUT2D eigenvalue weighted by atomic mass is 10.1. The van der Waals surface area contributed by atoms with E-state index in [-0.39, 0.29) is 18.9 Å². The number of hydrogen-bond acceptors (Lipinski definition) is 3. The Hall–Kier alpha value is -2.37. The van der Waals surface area contributed by atoms with Gasteiger partial charge in [0.05, 0.1) is 17.6 Å². The van der Waals surface area contributed by atoms with Crippen LogP contribution in [-0.4, -0.2) is 33.7 Å². The van der Waals surface area contributed by atoms with Gasteiger partial charge in [-0.1, -0.05) is 0 Å². The molecule has 1 aliphatic heterocycles. The number of carbonyl (C=O) groups excluding carboxylic acids is 1. The summed E-state index contributed by atoms with van der Waals surface area (Å²) < 4.78 is 0. The number of amides is 1. The third-order valence-electron chi connectivity index (χ3n) is 3.21. The third kappa shape index (κ3) is 1.62. The van der Waals surface area contributed by atoms with Crippen molar-refractivity contribution in [3.05, 3.63) is 24.4 Å². The van der Waals surface area contributed by atoms with E-state index in [0.717, 1.165) is 16.6 Å². The summed E-state index contributed by atoms with van der Waals surface area (Å²) in [6.07, 6.45) is 1.74. The lowest BCUT2D eigenvalue weighted by Gasteiger charge is -2.15. The second-order valence-electron chi connectivity index (χ2n) is 4.39. The fraction of sp³-hybridized carbons (Fsp3) is 0.250. The van der Waals surface area contributed by atoms with Crippen LogP contribution in [0.2, 0.25) is 0 Å². The Morgan fingerprint density at radius 1 is 1.50 bits per heavy atom. The molecule has 18 heavy (non-hydrogen) atoms. The zero-order valence-electron chi connectivity index (χ0n) is 9.46. The van der Waals surface area contributed by atoms with E-state index in [2.05, 4.69) is 10.2 Å². The Bertz CT molecular complexity index is 634. The zero-order valence-corrected chi connectivity index (χ0v) is 9.46. The first-order chi connectivity index (χ1) is 8.65. The first kappa shape index (κ1) is 10.8. The summed E-state index contributed by atoms with van der Waals surface area (Å²) in [5.41, 5.74) is 1.61. The molecule has 1 saturated heterocycles. The molecule has 1 amide bonds. The van der Waals surface area contributed by atoms with Crippen molar-refractivity contribution in [2.75, 3.05) is 11.4 Å². The predicted octanol–water partition coefficient (Wildman–Crippen LogP) is 1.00. The molecule has 3 rings (SSSR count). The van der Waals surface area contributed by atoms with E-state index in [4.69, 9.17) is 5.11 Å². The highest BCUT2D eigenvalue weighted by molar-refractivity contribution is 6.00. The van der Waals surface area contributed by atoms with Crippen LogP contribution in [-0.2, 0) is 9.59 Å². The van der Waals surface area contributed by atoms with Crippen molar-refractivity contribution in [1.29, 1.82) is 0 Å². The number of carboxylic acid groups (broad SMARTS) is 1. The van der Waals surface area contributed by atoms with Crippen LogP contribution in [0.3, 0.4) is 0 Å². The van der Waals surface area contributed by atoms with E-state index in [1.54, 1.807) is 12.3 Å². The number of aromatic nitrogens is 2. The predicted molar refractivity (Wildman–Crippen MR) is 64.2 cm³/mol. The summed E-state index contributed by atoms with van der Waals surface area (Å²) in [6.45, 7) is 0.234. The second-order valence-corrected chi connectivity index (χ2v) is 4.39. The van der Waals surface area contributed by atoms with E-state index in [9.17, 15) is 9.59 Å². The summed E-state index contributed by atoms with van der Waals surface area (Å²) in [4.78, 5) is 24.2. The number of carboxylic acids is 1. The van der Waals surface area contributed by atoms with Gasteiger partial charge in [0.1, 0.15) is 0 Å². The molecule has 6 nitrogen and oxygen atoms in total. The fourth-order valence-electron chi connectivity index (χ4n) is 2.22. The number of aromatic amines is 1. The first-order valence-electron chi connectivity index (χ1n) is 5.61. The van der Waals surface area contributed by atoms with Crippen molar-refractivity contribution >= 4 is 28.5 Å². The minimum Gasteiger partial charge on any atom is -0.481 e. The lowest BCUT2D eigenvalue weighted by Crippen LogP contribution is -2.25. The molecule has 2 heterocycles. The molecule has 0 radical (unpaired) electrons. The highest BCUT2D eigenvalue weighted by Gasteiger charge is 2.35. The third-order valence-corrected chi connectivity index (χ3v) is 3.21. The van der Waals surface area contributed by atoms with Gasteiger partial charge in [-0.05, 0) is 18.2 Å². The Morgan fingerprint density at radius 3 is 3.06 bits per heavy atom. The molecule has 0 unspecified atom stereocenters. The number of nitrogens with zero attached hydrogens (tertiary/aromatic N) is 2. The SMILES string of the molecule is O=C(O)[C@@H]1CC(=O)N(c2ccc3[nH]ncc3c2)C1. The molecular formula is C12H11N3O3. The quantitative estimate of drug-likeness (QED) is 0.826. The van der Waals surface area contributed by atoms with Crippen molar-refractivity contribution in [2.24, 2.45) is 5.92 Å². The molecule has 1 aromatic carbocycles. The van der Waals surface area contributed by atoms with Crippen LogP contribution in [0.15, 0.2) is 24.4 Å². The van der Waals surface area contributed by atoms with Crippen molar-refractivity contribution < 1.29 is 14.7 Å². The Morgan fingerprint density at radius 2 is 2.33 bits per heavy atom. The monoisotopic (exact) mass is 245 g/mol. The lowest BCUT2D eigenvalue weighted by molar-refractivity contribution is -0.141. The van der Waals surface area contributed by atoms with E-state index in [0.29, 0.717) is 0 Å². The van der Waals surface area contributed by atoms with Gasteiger partial charge in [0.15, 0.2) is 0 Å². The van der Waals surface area contributed by atoms with Crippen LogP contribution in [0, 0.1) is 5.92 Å². The zero-order chi connectivity index (χ0) is 12.7. The summed E-state index contributed by atoms with van der Waals surface area (Å²) >= 11 is 0. The smallest absolute Gasteiger partial charge is 0.308 e. The molecule has 92 valence electrons. The van der Waals surface area contributed by atoms with Crippen molar-refractivity contribution in [2.45, 2.75) is 6.42 Å². The molecule has 2 N–H and O–H groups in total. The van der Waals surface area contributed by atoms with Crippen molar-refractivity contribution in [3.8, 4) is 0 Å². The highest BCUT2D eigenvalue weighted by Crippen LogP contribution is 2.27. The number of anilines is 1. The van der Waals surface area contributed by atoms with Gasteiger partial charge in [-0.2, -0.15) is 5.10 Å². The van der Waals surface area contributed by atoms with Gasteiger partial charge in [-0.3, -0.25) is 14.7 Å². The number of carbonyl (C=O) groups is 2. The second kappa shape index (κ2) is 3.83. The normalized spacial score (nSPS) is 19.7. The van der Waals surface area contributed by atoms with Gasteiger partial charge in [0.25, 0.3) is 0 Å². The minimum atomic E-state index is -0.921. The van der Waals surface area contributed by atoms with Crippen LogP contribution in [0.5, 0.6) is 0 Å². The Balaban J connectivity index is 1.94. The summed E-state index contributed by atoms with van der Waals surface area (Å²) in [7, 11) is 0. The molecule has 1 aromatic heterocycles. The highest BCUT2D eigenvalue weighted by atomic mass is 16.4. The molecule has 0 saturated carbocycles. The Kier molecular flexibility index (Phi) is 2.29. The maximum atomic E-state index is 11.8. The van der Waals surface area contributed by atoms with Gasteiger partial charge in [0.2, 0.25) is 5.91 Å². The van der Waals surface area contributed by atoms with E-state index in [1.165, 1.54) is 4.90 Å². The van der Waals surface area contributed by atoms with E-state index >= 15 is 0 Å². The van der Waals surface area contributed by atoms with Crippen LogP contribution in [0.1, 0.15) is 6.42 Å². The number of H-pyrrole nitrogens is 1. The van der Waals surface area contributed by atoms with Crippen LogP contribution in [0.25, 0.3) is 10.9 Å². The molecule has 0 bridgehead atoms. The average Bonchev–Trinajstić information content (AvgIpc) is 2.93. The first-order valence-corrected chi connectivity index (χ1v) is 5.61. The van der Waals surface area contributed by atoms with Crippen molar-refractivity contribution in [1.82, 2.24) is 10.2 Å². The minimum absolute atomic E-state index is 0.0682. The molecule has 1 atom stereocenters. The summed E-state index contributed by atoms with van der Waals surface area (Å²) in [6, 6.07) is 5.46. The van der Waals surface area contributed by atoms with Gasteiger partial charge < -0.3 is 10.0 Å². The number of benzene rings is 1. The van der Waals surface area contributed by atoms with Crippen LogP contribution >= 0.6 is 0 Å². The standard InChI is InChI=1S/C12H11N3O3/c16-11-4-8(12(17)18)6-15(11)9-1-2-10-7(3-9)5-13-14-10/h1-3,5,8H,4,6H2,(H,13,14)(H,17,18)/t8-/m1/s1. The average molecular weight is 245 g/mol. The molecule has 0 aliphatic carbocycles. The maximum Gasteiger partial charge on any atom is 0.308 e. The number of rotatable bonds is 2. The maximum absolute atomic E-state index is 11.8. The van der Waals surface area contributed by atoms with Crippen molar-refractivity contribution in [3.63, 3.8) is 0 Å². The fourth-order valence-corrected chi connectivity index (χ4v) is 2.22. The molecule has 6 heteroatoms. The van der Waals surface area contributed by atoms with Crippen LogP contribution in [0.4, 0.5) is 5.69 Å². The van der Waals surface area contributed by atoms with Gasteiger partial charge in [0, 0.05) is 24.0 Å². The molecule has 2 aromatic rings. The van der Waals surface area contributed by atoms with E-state index < -0.39 is 11.9 Å². The molecule has 0 spiro atoms. The number of fused-ring (bicyclic) bond motifs is 1. The largest absolute Gasteiger partial charge is 0.481 e. The number of aliphatic carboxylic acids is 1. The Labute approximate surface area is 102 Å². The van der Waals surface area contributed by atoms with Gasteiger partial charge >= 0.3 is 5.97 Å². The molecular weight excluding hydrogens is 234 g/mol. The summed E-state index contributed by atoms with van der Waals surface area (Å²) in [5.74, 6) is -1.68. The summed E-state index contributed by atoms with van der Waals surface area (Å²) in [5, 5.41) is 16.6. The van der Waals surface area contributed by atoms with Crippen LogP contribution < -0.4 is 4.90 Å². The number of hydrogen-bond donors (Lipinski definition) is 2. The number of nitrogens with one attached hydrogen (secondary N) is 1. The molecule has 1 fully saturated rings. The van der Waals surface area contributed by atoms with Gasteiger partial charge in [-0.15, -0.1) is 0 Å². The topological polar surface area (TPSA) is 86.3 Å².